The Bertz CT molecular complexity index is 145. The first-order chi connectivity index (χ1) is 7.31. The van der Waals surface area contributed by atoms with Gasteiger partial charge in [-0.15, -0.1) is 0 Å². The van der Waals surface area contributed by atoms with E-state index >= 15 is 0 Å². The van der Waals surface area contributed by atoms with E-state index in [1.807, 2.05) is 0 Å². The molecule has 0 rings (SSSR count). The van der Waals surface area contributed by atoms with Gasteiger partial charge in [-0.1, -0.05) is 52.4 Å². The van der Waals surface area contributed by atoms with Crippen LogP contribution in [0.1, 0.15) is 65.2 Å². The van der Waals surface area contributed by atoms with Crippen LogP contribution in [0.4, 0.5) is 0 Å². The number of carbonyl (C=O) groups is 1. The molecule has 0 saturated heterocycles. The predicted molar refractivity (Wildman–Crippen MR) is 70.6 cm³/mol. The van der Waals surface area contributed by atoms with Crippen molar-refractivity contribution in [2.45, 2.75) is 65.2 Å². The molecule has 0 spiro atoms. The lowest BCUT2D eigenvalue weighted by Gasteiger charge is -2.01. The van der Waals surface area contributed by atoms with Gasteiger partial charge < -0.3 is 0 Å². The lowest BCUT2D eigenvalue weighted by Crippen LogP contribution is -2.01. The van der Waals surface area contributed by atoms with E-state index in [2.05, 4.69) is 13.8 Å². The monoisotopic (exact) mass is 230 g/mol. The van der Waals surface area contributed by atoms with Crippen molar-refractivity contribution in [2.75, 3.05) is 11.5 Å². The van der Waals surface area contributed by atoms with Crippen molar-refractivity contribution in [1.29, 1.82) is 0 Å². The van der Waals surface area contributed by atoms with Crippen molar-refractivity contribution in [3.05, 3.63) is 0 Å². The Morgan fingerprint density at radius 1 is 0.933 bits per heavy atom. The highest BCUT2D eigenvalue weighted by Gasteiger charge is 2.00. The van der Waals surface area contributed by atoms with Gasteiger partial charge in [-0.2, -0.15) is 11.8 Å². The second-order valence-corrected chi connectivity index (χ2v) is 5.32. The molecule has 0 aliphatic carbocycles. The Morgan fingerprint density at radius 3 is 2.13 bits per heavy atom. The third-order valence-corrected chi connectivity index (χ3v) is 3.46. The lowest BCUT2D eigenvalue weighted by atomic mass is 10.1. The number of Topliss-reactive ketones (excluding diaryl/α,β-unsaturated/α-hetero) is 1. The summed E-state index contributed by atoms with van der Waals surface area (Å²) in [5, 5.41) is 0. The number of hydrogen-bond donors (Lipinski definition) is 0. The molecule has 0 aromatic heterocycles. The highest BCUT2D eigenvalue weighted by Crippen LogP contribution is 2.09. The van der Waals surface area contributed by atoms with Gasteiger partial charge in [0.1, 0.15) is 5.78 Å². The first kappa shape index (κ1) is 15.0. The minimum absolute atomic E-state index is 0.440. The van der Waals surface area contributed by atoms with E-state index in [-0.39, 0.29) is 0 Å². The summed E-state index contributed by atoms with van der Waals surface area (Å²) in [4.78, 5) is 11.3. The number of thioether (sulfide) groups is 1. The van der Waals surface area contributed by atoms with Gasteiger partial charge >= 0.3 is 0 Å². The Balaban J connectivity index is 3.06. The van der Waals surface area contributed by atoms with Gasteiger partial charge in [0, 0.05) is 6.42 Å². The van der Waals surface area contributed by atoms with Crippen molar-refractivity contribution >= 4 is 17.5 Å². The van der Waals surface area contributed by atoms with Crippen molar-refractivity contribution < 1.29 is 4.79 Å². The number of unbranched alkanes of at least 4 members (excludes halogenated alkanes) is 6. The maximum absolute atomic E-state index is 11.3. The molecule has 1 nitrogen and oxygen atoms in total. The molecular weight excluding hydrogens is 204 g/mol. The van der Waals surface area contributed by atoms with Crippen LogP contribution in [0.5, 0.6) is 0 Å². The van der Waals surface area contributed by atoms with Crippen LogP contribution >= 0.6 is 11.8 Å². The summed E-state index contributed by atoms with van der Waals surface area (Å²) in [6.07, 6.45) is 9.87. The Labute approximate surface area is 99.4 Å². The molecule has 0 heterocycles. The third kappa shape index (κ3) is 11.9. The minimum Gasteiger partial charge on any atom is -0.299 e. The fourth-order valence-corrected chi connectivity index (χ4v) is 2.14. The van der Waals surface area contributed by atoms with Crippen molar-refractivity contribution in [1.82, 2.24) is 0 Å². The maximum Gasteiger partial charge on any atom is 0.142 e. The number of carbonyl (C=O) groups excluding carboxylic acids is 1. The Kier molecular flexibility index (Phi) is 12.1. The summed E-state index contributed by atoms with van der Waals surface area (Å²) < 4.78 is 0. The average molecular weight is 230 g/mol. The van der Waals surface area contributed by atoms with Gasteiger partial charge in [-0.3, -0.25) is 4.79 Å². The molecule has 15 heavy (non-hydrogen) atoms. The summed E-state index contributed by atoms with van der Waals surface area (Å²) >= 11 is 1.74. The van der Waals surface area contributed by atoms with Crippen molar-refractivity contribution in [3.63, 3.8) is 0 Å². The van der Waals surface area contributed by atoms with Crippen LogP contribution < -0.4 is 0 Å². The van der Waals surface area contributed by atoms with E-state index in [0.29, 0.717) is 5.78 Å². The van der Waals surface area contributed by atoms with Crippen LogP contribution in [0.15, 0.2) is 0 Å². The molecule has 0 amide bonds. The molecular formula is C13H26OS. The van der Waals surface area contributed by atoms with Crippen LogP contribution in [0.25, 0.3) is 0 Å². The molecule has 0 N–H and O–H groups in total. The molecule has 0 aromatic carbocycles. The average Bonchev–Trinajstić information content (AvgIpc) is 2.25. The van der Waals surface area contributed by atoms with E-state index in [9.17, 15) is 4.79 Å². The minimum atomic E-state index is 0.440. The molecule has 2 heteroatoms. The van der Waals surface area contributed by atoms with E-state index in [4.69, 9.17) is 0 Å². The molecule has 0 radical (unpaired) electrons. The van der Waals surface area contributed by atoms with Gasteiger partial charge in [0.25, 0.3) is 0 Å². The first-order valence-electron chi connectivity index (χ1n) is 6.40. The Hall–Kier alpha value is 0.0200. The zero-order valence-corrected chi connectivity index (χ0v) is 11.2. The SMILES string of the molecule is CCCCCCCCCC(=O)CSCC. The molecule has 0 unspecified atom stereocenters. The third-order valence-electron chi connectivity index (χ3n) is 2.53. The van der Waals surface area contributed by atoms with Crippen LogP contribution in [0.3, 0.4) is 0 Å². The molecule has 0 atom stereocenters. The van der Waals surface area contributed by atoms with Gasteiger partial charge in [0.2, 0.25) is 0 Å². The van der Waals surface area contributed by atoms with Crippen LogP contribution in [-0.4, -0.2) is 17.3 Å². The van der Waals surface area contributed by atoms with E-state index in [1.165, 1.54) is 38.5 Å². The van der Waals surface area contributed by atoms with E-state index in [0.717, 1.165) is 24.3 Å². The smallest absolute Gasteiger partial charge is 0.142 e. The standard InChI is InChI=1S/C13H26OS/c1-3-5-6-7-8-9-10-11-13(14)12-15-4-2/h3-12H2,1-2H3. The van der Waals surface area contributed by atoms with Gasteiger partial charge in [0.15, 0.2) is 0 Å². The lowest BCUT2D eigenvalue weighted by molar-refractivity contribution is -0.116. The topological polar surface area (TPSA) is 17.1 Å². The molecule has 0 fully saturated rings. The van der Waals surface area contributed by atoms with Crippen molar-refractivity contribution in [2.24, 2.45) is 0 Å². The molecule has 0 saturated carbocycles. The zero-order valence-electron chi connectivity index (χ0n) is 10.4. The quantitative estimate of drug-likeness (QED) is 0.488. The molecule has 90 valence electrons. The fourth-order valence-electron chi connectivity index (χ4n) is 1.57. The highest BCUT2D eigenvalue weighted by molar-refractivity contribution is 7.99. The molecule has 0 aliphatic rings. The summed E-state index contributed by atoms with van der Waals surface area (Å²) in [5.41, 5.74) is 0. The van der Waals surface area contributed by atoms with Crippen LogP contribution in [-0.2, 0) is 4.79 Å². The van der Waals surface area contributed by atoms with Crippen molar-refractivity contribution in [3.8, 4) is 0 Å². The summed E-state index contributed by atoms with van der Waals surface area (Å²) in [6, 6.07) is 0. The first-order valence-corrected chi connectivity index (χ1v) is 7.56. The number of ketones is 1. The molecule has 0 bridgehead atoms. The largest absolute Gasteiger partial charge is 0.299 e. The zero-order chi connectivity index (χ0) is 11.4. The summed E-state index contributed by atoms with van der Waals surface area (Å²) in [7, 11) is 0. The van der Waals surface area contributed by atoms with Gasteiger partial charge in [-0.25, -0.2) is 0 Å². The Morgan fingerprint density at radius 2 is 1.53 bits per heavy atom. The van der Waals surface area contributed by atoms with Gasteiger partial charge in [0.05, 0.1) is 5.75 Å². The van der Waals surface area contributed by atoms with E-state index < -0.39 is 0 Å². The summed E-state index contributed by atoms with van der Waals surface area (Å²) in [6.45, 7) is 4.34. The van der Waals surface area contributed by atoms with Crippen LogP contribution in [0, 0.1) is 0 Å². The second kappa shape index (κ2) is 12.1. The van der Waals surface area contributed by atoms with E-state index in [1.54, 1.807) is 11.8 Å². The molecule has 0 aliphatic heterocycles. The second-order valence-electron chi connectivity index (χ2n) is 4.05. The number of rotatable bonds is 11. The predicted octanol–water partition coefficient (Wildman–Crippen LogP) is 4.45. The number of hydrogen-bond acceptors (Lipinski definition) is 2. The fraction of sp³-hybridized carbons (Fsp3) is 0.923. The summed E-state index contributed by atoms with van der Waals surface area (Å²) in [5.74, 6) is 2.23. The van der Waals surface area contributed by atoms with Crippen LogP contribution in [0.2, 0.25) is 0 Å². The normalized spacial score (nSPS) is 10.5. The molecule has 0 aromatic rings. The maximum atomic E-state index is 11.3. The highest BCUT2D eigenvalue weighted by atomic mass is 32.2. The van der Waals surface area contributed by atoms with Gasteiger partial charge in [-0.05, 0) is 12.2 Å².